The van der Waals surface area contributed by atoms with Crippen LogP contribution in [-0.4, -0.2) is 13.0 Å². The van der Waals surface area contributed by atoms with Crippen molar-refractivity contribution in [3.05, 3.63) is 0 Å². The van der Waals surface area contributed by atoms with Gasteiger partial charge < -0.3 is 4.79 Å². The van der Waals surface area contributed by atoms with Crippen molar-refractivity contribution in [1.29, 1.82) is 0 Å². The number of hydrogen-bond donors (Lipinski definition) is 0. The number of hydrogen-bond acceptors (Lipinski definition) is 1. The molecular formula is C11H21FO. The zero-order valence-corrected chi connectivity index (χ0v) is 8.43. The Morgan fingerprint density at radius 1 is 0.769 bits per heavy atom. The van der Waals surface area contributed by atoms with Crippen LogP contribution in [0.3, 0.4) is 0 Å². The molecule has 0 aromatic heterocycles. The van der Waals surface area contributed by atoms with Gasteiger partial charge in [-0.15, -0.1) is 0 Å². The molecule has 0 bridgehead atoms. The third kappa shape index (κ3) is 11.6. The number of aldehydes is 1. The number of carbonyl (C=O) groups is 1. The summed E-state index contributed by atoms with van der Waals surface area (Å²) in [5, 5.41) is 0. The van der Waals surface area contributed by atoms with Gasteiger partial charge in [-0.3, -0.25) is 4.39 Å². The first-order valence-corrected chi connectivity index (χ1v) is 5.41. The molecule has 0 saturated heterocycles. The van der Waals surface area contributed by atoms with Crippen molar-refractivity contribution < 1.29 is 9.18 Å². The Balaban J connectivity index is 2.79. The van der Waals surface area contributed by atoms with Gasteiger partial charge in [0.25, 0.3) is 0 Å². The minimum absolute atomic E-state index is 0.167. The quantitative estimate of drug-likeness (QED) is 0.377. The van der Waals surface area contributed by atoms with Crippen LogP contribution in [0.1, 0.15) is 57.8 Å². The third-order valence-corrected chi connectivity index (χ3v) is 2.21. The first kappa shape index (κ1) is 12.6. The van der Waals surface area contributed by atoms with Gasteiger partial charge in [-0.1, -0.05) is 38.5 Å². The fraction of sp³-hybridized carbons (Fsp3) is 0.909. The maximum absolute atomic E-state index is 11.7. The van der Waals surface area contributed by atoms with Crippen molar-refractivity contribution in [3.63, 3.8) is 0 Å². The highest BCUT2D eigenvalue weighted by molar-refractivity contribution is 5.48. The Hall–Kier alpha value is -0.400. The second-order valence-corrected chi connectivity index (χ2v) is 3.47. The van der Waals surface area contributed by atoms with E-state index in [0.29, 0.717) is 6.42 Å². The Kier molecular flexibility index (Phi) is 11.2. The highest BCUT2D eigenvalue weighted by atomic mass is 19.1. The van der Waals surface area contributed by atoms with Crippen LogP contribution in [0.25, 0.3) is 0 Å². The van der Waals surface area contributed by atoms with Gasteiger partial charge >= 0.3 is 0 Å². The van der Waals surface area contributed by atoms with Gasteiger partial charge in [0, 0.05) is 6.42 Å². The van der Waals surface area contributed by atoms with Crippen molar-refractivity contribution in [3.8, 4) is 0 Å². The molecule has 0 unspecified atom stereocenters. The van der Waals surface area contributed by atoms with Crippen LogP contribution in [0.4, 0.5) is 4.39 Å². The summed E-state index contributed by atoms with van der Waals surface area (Å²) in [6, 6.07) is 0. The first-order valence-electron chi connectivity index (χ1n) is 5.41. The predicted octanol–water partition coefficient (Wildman–Crippen LogP) is 3.67. The monoisotopic (exact) mass is 188 g/mol. The van der Waals surface area contributed by atoms with Crippen molar-refractivity contribution in [1.82, 2.24) is 0 Å². The fourth-order valence-electron chi connectivity index (χ4n) is 1.38. The van der Waals surface area contributed by atoms with E-state index in [1.807, 2.05) is 0 Å². The summed E-state index contributed by atoms with van der Waals surface area (Å²) in [7, 11) is 0. The Bertz CT molecular complexity index is 104. The lowest BCUT2D eigenvalue weighted by molar-refractivity contribution is -0.107. The van der Waals surface area contributed by atoms with Crippen molar-refractivity contribution in [2.45, 2.75) is 57.8 Å². The topological polar surface area (TPSA) is 17.1 Å². The fourth-order valence-corrected chi connectivity index (χ4v) is 1.38. The van der Waals surface area contributed by atoms with Crippen molar-refractivity contribution >= 4 is 6.29 Å². The molecule has 0 aliphatic heterocycles. The molecule has 0 spiro atoms. The molecule has 0 aromatic carbocycles. The van der Waals surface area contributed by atoms with Gasteiger partial charge in [-0.25, -0.2) is 0 Å². The lowest BCUT2D eigenvalue weighted by Crippen LogP contribution is -1.82. The van der Waals surface area contributed by atoms with E-state index >= 15 is 0 Å². The van der Waals surface area contributed by atoms with E-state index in [9.17, 15) is 9.18 Å². The van der Waals surface area contributed by atoms with Crippen LogP contribution >= 0.6 is 0 Å². The van der Waals surface area contributed by atoms with Crippen molar-refractivity contribution in [2.75, 3.05) is 6.67 Å². The lowest BCUT2D eigenvalue weighted by Gasteiger charge is -1.99. The molecule has 1 nitrogen and oxygen atoms in total. The van der Waals surface area contributed by atoms with Crippen LogP contribution in [0.2, 0.25) is 0 Å². The molecule has 0 fully saturated rings. The van der Waals surface area contributed by atoms with Crippen LogP contribution in [-0.2, 0) is 4.79 Å². The third-order valence-electron chi connectivity index (χ3n) is 2.21. The zero-order chi connectivity index (χ0) is 9.78. The second kappa shape index (κ2) is 11.6. The summed E-state index contributed by atoms with van der Waals surface area (Å²) in [6.07, 6.45) is 10.5. The average Bonchev–Trinajstić information content (AvgIpc) is 2.16. The summed E-state index contributed by atoms with van der Waals surface area (Å²) in [6.45, 7) is -0.167. The number of rotatable bonds is 10. The summed E-state index contributed by atoms with van der Waals surface area (Å²) in [5.41, 5.74) is 0. The SMILES string of the molecule is O=CCCCCCCCCCCF. The molecule has 0 aliphatic rings. The molecule has 0 atom stereocenters. The van der Waals surface area contributed by atoms with Crippen molar-refractivity contribution in [2.24, 2.45) is 0 Å². The summed E-state index contributed by atoms with van der Waals surface area (Å²) in [5.74, 6) is 0. The summed E-state index contributed by atoms with van der Waals surface area (Å²) < 4.78 is 11.7. The van der Waals surface area contributed by atoms with Crippen LogP contribution < -0.4 is 0 Å². The minimum atomic E-state index is -0.167. The Morgan fingerprint density at radius 3 is 1.69 bits per heavy atom. The van der Waals surface area contributed by atoms with E-state index in [1.165, 1.54) is 25.7 Å². The van der Waals surface area contributed by atoms with E-state index in [4.69, 9.17) is 0 Å². The summed E-state index contributed by atoms with van der Waals surface area (Å²) >= 11 is 0. The molecule has 2 heteroatoms. The maximum atomic E-state index is 11.7. The molecule has 0 heterocycles. The smallest absolute Gasteiger partial charge is 0.119 e. The Morgan fingerprint density at radius 2 is 1.23 bits per heavy atom. The molecule has 0 rings (SSSR count). The molecule has 0 saturated carbocycles. The zero-order valence-electron chi connectivity index (χ0n) is 8.43. The Labute approximate surface area is 80.7 Å². The molecule has 0 amide bonds. The maximum Gasteiger partial charge on any atom is 0.119 e. The molecule has 0 N–H and O–H groups in total. The normalized spacial score (nSPS) is 10.2. The van der Waals surface area contributed by atoms with Gasteiger partial charge in [0.15, 0.2) is 0 Å². The average molecular weight is 188 g/mol. The number of carbonyl (C=O) groups excluding carboxylic acids is 1. The van der Waals surface area contributed by atoms with Gasteiger partial charge in [0.1, 0.15) is 6.29 Å². The highest BCUT2D eigenvalue weighted by Gasteiger charge is 1.91. The van der Waals surface area contributed by atoms with E-state index in [1.54, 1.807) is 0 Å². The predicted molar refractivity (Wildman–Crippen MR) is 53.6 cm³/mol. The van der Waals surface area contributed by atoms with E-state index in [2.05, 4.69) is 0 Å². The van der Waals surface area contributed by atoms with Gasteiger partial charge in [-0.05, 0) is 12.8 Å². The standard InChI is InChI=1S/C11H21FO/c12-10-8-6-4-2-1-3-5-7-9-11-13/h11H,1-10H2. The lowest BCUT2D eigenvalue weighted by atomic mass is 10.1. The van der Waals surface area contributed by atoms with Gasteiger partial charge in [-0.2, -0.15) is 0 Å². The molecule has 0 aromatic rings. The minimum Gasteiger partial charge on any atom is -0.303 e. The molecule has 0 aliphatic carbocycles. The molecule has 13 heavy (non-hydrogen) atoms. The van der Waals surface area contributed by atoms with E-state index < -0.39 is 0 Å². The van der Waals surface area contributed by atoms with E-state index in [-0.39, 0.29) is 6.67 Å². The van der Waals surface area contributed by atoms with Crippen LogP contribution in [0.5, 0.6) is 0 Å². The molecule has 78 valence electrons. The van der Waals surface area contributed by atoms with E-state index in [0.717, 1.165) is 32.0 Å². The number of alkyl halides is 1. The van der Waals surface area contributed by atoms with Crippen LogP contribution in [0, 0.1) is 0 Å². The summed E-state index contributed by atoms with van der Waals surface area (Å²) in [4.78, 5) is 9.98. The largest absolute Gasteiger partial charge is 0.303 e. The number of halogens is 1. The first-order chi connectivity index (χ1) is 6.41. The van der Waals surface area contributed by atoms with Crippen LogP contribution in [0.15, 0.2) is 0 Å². The molecule has 0 radical (unpaired) electrons. The van der Waals surface area contributed by atoms with Gasteiger partial charge in [0.2, 0.25) is 0 Å². The second-order valence-electron chi connectivity index (χ2n) is 3.47. The number of unbranched alkanes of at least 4 members (excludes halogenated alkanes) is 8. The highest BCUT2D eigenvalue weighted by Crippen LogP contribution is 2.09. The van der Waals surface area contributed by atoms with Gasteiger partial charge in [0.05, 0.1) is 6.67 Å². The molecular weight excluding hydrogens is 167 g/mol.